The van der Waals surface area contributed by atoms with Gasteiger partial charge in [-0.25, -0.2) is 22.3 Å². The van der Waals surface area contributed by atoms with E-state index in [1.807, 2.05) is 5.32 Å². The average molecular weight is 292 g/mol. The van der Waals surface area contributed by atoms with Gasteiger partial charge in [0, 0.05) is 5.56 Å². The molecule has 0 aliphatic rings. The lowest BCUT2D eigenvalue weighted by Crippen LogP contribution is -2.29. The van der Waals surface area contributed by atoms with Crippen LogP contribution in [0.2, 0.25) is 0 Å². The molecule has 0 spiro atoms. The van der Waals surface area contributed by atoms with Crippen LogP contribution in [0.15, 0.2) is 23.1 Å². The van der Waals surface area contributed by atoms with Crippen LogP contribution < -0.4 is 10.5 Å². The molecule has 0 heterocycles. The average Bonchev–Trinajstić information content (AvgIpc) is 2.33. The van der Waals surface area contributed by atoms with E-state index in [2.05, 4.69) is 0 Å². The van der Waals surface area contributed by atoms with E-state index in [-0.39, 0.29) is 10.5 Å². The maximum Gasteiger partial charge on any atom is 0.255 e. The molecule has 0 fully saturated rings. The third-order valence-corrected chi connectivity index (χ3v) is 3.36. The molecule has 8 heteroatoms. The Bertz CT molecular complexity index is 573. The van der Waals surface area contributed by atoms with E-state index in [4.69, 9.17) is 5.14 Å². The number of carbonyl (C=O) groups excluding carboxylic acids is 1. The second kappa shape index (κ2) is 6.07. The molecular weight excluding hydrogens is 278 g/mol. The van der Waals surface area contributed by atoms with E-state index in [1.54, 1.807) is 6.92 Å². The second-order valence-corrected chi connectivity index (χ2v) is 5.38. The predicted octanol–water partition coefficient (Wildman–Crippen LogP) is 0.891. The third kappa shape index (κ3) is 4.25. The number of alkyl halides is 2. The molecule has 0 aromatic heterocycles. The van der Waals surface area contributed by atoms with Crippen LogP contribution in [0.25, 0.3) is 0 Å². The van der Waals surface area contributed by atoms with Crippen LogP contribution in [-0.2, 0) is 16.4 Å². The first kappa shape index (κ1) is 15.5. The summed E-state index contributed by atoms with van der Waals surface area (Å²) in [6, 6.07) is 3.81. The number of rotatable bonds is 5. The number of aryl methyl sites for hydroxylation is 1. The summed E-state index contributed by atoms with van der Waals surface area (Å²) in [4.78, 5) is 11.5. The number of sulfonamides is 1. The van der Waals surface area contributed by atoms with Crippen molar-refractivity contribution in [2.75, 3.05) is 6.54 Å². The van der Waals surface area contributed by atoms with E-state index < -0.39 is 28.9 Å². The fourth-order valence-electron chi connectivity index (χ4n) is 1.52. The van der Waals surface area contributed by atoms with Crippen LogP contribution in [-0.4, -0.2) is 27.3 Å². The summed E-state index contributed by atoms with van der Waals surface area (Å²) in [6.07, 6.45) is -2.21. The molecule has 0 aliphatic heterocycles. The number of nitrogens with one attached hydrogen (secondary N) is 1. The van der Waals surface area contributed by atoms with Gasteiger partial charge in [-0.2, -0.15) is 0 Å². The van der Waals surface area contributed by atoms with Crippen molar-refractivity contribution in [3.05, 3.63) is 29.3 Å². The minimum atomic E-state index is -3.94. The molecule has 0 saturated carbocycles. The van der Waals surface area contributed by atoms with Gasteiger partial charge in [0.15, 0.2) is 0 Å². The van der Waals surface area contributed by atoms with Crippen molar-refractivity contribution < 1.29 is 22.0 Å². The summed E-state index contributed by atoms with van der Waals surface area (Å²) >= 11 is 0. The first-order chi connectivity index (χ1) is 8.75. The zero-order valence-corrected chi connectivity index (χ0v) is 11.0. The van der Waals surface area contributed by atoms with Gasteiger partial charge < -0.3 is 5.32 Å². The summed E-state index contributed by atoms with van der Waals surface area (Å²) in [7, 11) is -3.94. The molecule has 106 valence electrons. The summed E-state index contributed by atoms with van der Waals surface area (Å²) in [5, 5.41) is 6.99. The van der Waals surface area contributed by atoms with Crippen LogP contribution in [0.5, 0.6) is 0 Å². The number of primary sulfonamides is 1. The number of halogens is 2. The Morgan fingerprint density at radius 2 is 2.05 bits per heavy atom. The number of amides is 1. The number of carbonyl (C=O) groups is 1. The highest BCUT2D eigenvalue weighted by molar-refractivity contribution is 7.89. The number of benzene rings is 1. The molecule has 1 aromatic rings. The Balaban J connectivity index is 3.13. The fourth-order valence-corrected chi connectivity index (χ4v) is 2.06. The quantitative estimate of drug-likeness (QED) is 0.844. The Morgan fingerprint density at radius 1 is 1.42 bits per heavy atom. The topological polar surface area (TPSA) is 89.3 Å². The largest absolute Gasteiger partial charge is 0.346 e. The van der Waals surface area contributed by atoms with Crippen LogP contribution in [0.3, 0.4) is 0 Å². The number of hydrogen-bond donors (Lipinski definition) is 2. The zero-order chi connectivity index (χ0) is 14.6. The Morgan fingerprint density at radius 3 is 2.53 bits per heavy atom. The van der Waals surface area contributed by atoms with Crippen molar-refractivity contribution in [3.8, 4) is 0 Å². The van der Waals surface area contributed by atoms with Crippen molar-refractivity contribution in [2.45, 2.75) is 24.7 Å². The summed E-state index contributed by atoms with van der Waals surface area (Å²) in [5.41, 5.74) is 0.592. The highest BCUT2D eigenvalue weighted by Gasteiger charge is 2.16. The van der Waals surface area contributed by atoms with Gasteiger partial charge in [-0.05, 0) is 24.1 Å². The number of hydrogen-bond acceptors (Lipinski definition) is 3. The molecule has 3 N–H and O–H groups in total. The summed E-state index contributed by atoms with van der Waals surface area (Å²) in [6.45, 7) is 0.970. The van der Waals surface area contributed by atoms with Gasteiger partial charge in [-0.15, -0.1) is 0 Å². The maximum atomic E-state index is 12.0. The minimum absolute atomic E-state index is 0.0367. The Labute approximate surface area is 109 Å². The zero-order valence-electron chi connectivity index (χ0n) is 10.2. The standard InChI is InChI=1S/C11H14F2N2O3S/c1-2-7-3-4-8(19(14,17)18)5-9(7)11(16)15-6-10(12)13/h3-5,10H,2,6H2,1H3,(H,15,16)(H2,14,17,18). The maximum absolute atomic E-state index is 12.0. The molecule has 19 heavy (non-hydrogen) atoms. The van der Waals surface area contributed by atoms with Crippen LogP contribution in [0.1, 0.15) is 22.8 Å². The first-order valence-electron chi connectivity index (χ1n) is 5.47. The fraction of sp³-hybridized carbons (Fsp3) is 0.364. The molecule has 1 amide bonds. The predicted molar refractivity (Wildman–Crippen MR) is 65.5 cm³/mol. The molecule has 1 aromatic carbocycles. The lowest BCUT2D eigenvalue weighted by atomic mass is 10.0. The van der Waals surface area contributed by atoms with Gasteiger partial charge in [0.05, 0.1) is 11.4 Å². The van der Waals surface area contributed by atoms with Gasteiger partial charge in [-0.1, -0.05) is 13.0 Å². The first-order valence-corrected chi connectivity index (χ1v) is 7.02. The lowest BCUT2D eigenvalue weighted by Gasteiger charge is -2.10. The van der Waals surface area contributed by atoms with Crippen LogP contribution >= 0.6 is 0 Å². The summed E-state index contributed by atoms with van der Waals surface area (Å²) < 4.78 is 46.5. The SMILES string of the molecule is CCc1ccc(S(N)(=O)=O)cc1C(=O)NCC(F)F. The highest BCUT2D eigenvalue weighted by atomic mass is 32.2. The summed E-state index contributed by atoms with van der Waals surface area (Å²) in [5.74, 6) is -0.748. The van der Waals surface area contributed by atoms with Crippen molar-refractivity contribution in [1.82, 2.24) is 5.32 Å². The van der Waals surface area contributed by atoms with Crippen molar-refractivity contribution >= 4 is 15.9 Å². The highest BCUT2D eigenvalue weighted by Crippen LogP contribution is 2.16. The van der Waals surface area contributed by atoms with Crippen molar-refractivity contribution in [3.63, 3.8) is 0 Å². The molecule has 0 atom stereocenters. The molecule has 0 bridgehead atoms. The molecule has 5 nitrogen and oxygen atoms in total. The van der Waals surface area contributed by atoms with Crippen molar-refractivity contribution in [2.24, 2.45) is 5.14 Å². The van der Waals surface area contributed by atoms with E-state index >= 15 is 0 Å². The Kier molecular flexibility index (Phi) is 4.96. The van der Waals surface area contributed by atoms with Gasteiger partial charge in [0.25, 0.3) is 12.3 Å². The van der Waals surface area contributed by atoms with Gasteiger partial charge in [0.1, 0.15) is 0 Å². The number of nitrogens with two attached hydrogens (primary N) is 1. The smallest absolute Gasteiger partial charge is 0.255 e. The molecule has 0 saturated heterocycles. The second-order valence-electron chi connectivity index (χ2n) is 3.82. The third-order valence-electron chi connectivity index (χ3n) is 2.45. The van der Waals surface area contributed by atoms with Crippen LogP contribution in [0, 0.1) is 0 Å². The normalized spacial score (nSPS) is 11.6. The molecular formula is C11H14F2N2O3S. The van der Waals surface area contributed by atoms with Gasteiger partial charge in [0.2, 0.25) is 10.0 Å². The monoisotopic (exact) mass is 292 g/mol. The van der Waals surface area contributed by atoms with Gasteiger partial charge >= 0.3 is 0 Å². The van der Waals surface area contributed by atoms with Gasteiger partial charge in [-0.3, -0.25) is 4.79 Å². The Hall–Kier alpha value is -1.54. The molecule has 0 radical (unpaired) electrons. The van der Waals surface area contributed by atoms with Crippen molar-refractivity contribution in [1.29, 1.82) is 0 Å². The van der Waals surface area contributed by atoms with E-state index in [1.165, 1.54) is 12.1 Å². The van der Waals surface area contributed by atoms with E-state index in [0.29, 0.717) is 12.0 Å². The lowest BCUT2D eigenvalue weighted by molar-refractivity contribution is 0.0890. The molecule has 0 unspecified atom stereocenters. The minimum Gasteiger partial charge on any atom is -0.346 e. The molecule has 1 rings (SSSR count). The van der Waals surface area contributed by atoms with E-state index in [0.717, 1.165) is 6.07 Å². The van der Waals surface area contributed by atoms with E-state index in [9.17, 15) is 22.0 Å². The molecule has 0 aliphatic carbocycles. The van der Waals surface area contributed by atoms with Crippen LogP contribution in [0.4, 0.5) is 8.78 Å².